The van der Waals surface area contributed by atoms with E-state index in [4.69, 9.17) is 9.15 Å². The molecule has 1 aromatic heterocycles. The van der Waals surface area contributed by atoms with Crippen LogP contribution in [0.4, 0.5) is 0 Å². The number of fused-ring (bicyclic) bond motifs is 1. The summed E-state index contributed by atoms with van der Waals surface area (Å²) < 4.78 is 11.1. The van der Waals surface area contributed by atoms with Crippen LogP contribution in [0, 0.1) is 5.92 Å². The van der Waals surface area contributed by atoms with Gasteiger partial charge < -0.3 is 14.5 Å². The van der Waals surface area contributed by atoms with Crippen LogP contribution in [0.15, 0.2) is 46.9 Å². The number of aryl methyl sites for hydroxylation is 1. The minimum Gasteiger partial charge on any atom is -0.441 e. The number of aromatic nitrogens is 1. The second-order valence-corrected chi connectivity index (χ2v) is 7.00. The van der Waals surface area contributed by atoms with E-state index in [2.05, 4.69) is 10.3 Å². The van der Waals surface area contributed by atoms with E-state index in [-0.39, 0.29) is 5.91 Å². The predicted octanol–water partition coefficient (Wildman–Crippen LogP) is 4.21. The molecular weight excluding hydrogens is 340 g/mol. The number of rotatable bonds is 6. The third-order valence-corrected chi connectivity index (χ3v) is 5.05. The molecule has 27 heavy (non-hydrogen) atoms. The molecule has 1 fully saturated rings. The van der Waals surface area contributed by atoms with E-state index >= 15 is 0 Å². The maximum atomic E-state index is 12.5. The maximum Gasteiger partial charge on any atom is 0.251 e. The van der Waals surface area contributed by atoms with E-state index in [1.807, 2.05) is 49.4 Å². The molecule has 1 aliphatic heterocycles. The molecule has 1 unspecified atom stereocenters. The van der Waals surface area contributed by atoms with Crippen molar-refractivity contribution in [1.82, 2.24) is 10.3 Å². The van der Waals surface area contributed by atoms with Gasteiger partial charge in [0.15, 0.2) is 11.5 Å². The largest absolute Gasteiger partial charge is 0.441 e. The van der Waals surface area contributed by atoms with E-state index in [0.717, 1.165) is 60.6 Å². The summed E-state index contributed by atoms with van der Waals surface area (Å²) in [5.74, 6) is 1.27. The van der Waals surface area contributed by atoms with Gasteiger partial charge in [0.1, 0.15) is 5.52 Å². The van der Waals surface area contributed by atoms with Gasteiger partial charge in [-0.25, -0.2) is 4.98 Å². The van der Waals surface area contributed by atoms with Gasteiger partial charge in [-0.05, 0) is 54.2 Å². The van der Waals surface area contributed by atoms with E-state index in [1.165, 1.54) is 0 Å². The SMILES string of the molecule is CCc1nc2cc(-c3cccc(C(=O)NCCC4CCOC4)c3)ccc2o1. The Morgan fingerprint density at radius 2 is 2.11 bits per heavy atom. The van der Waals surface area contributed by atoms with E-state index < -0.39 is 0 Å². The smallest absolute Gasteiger partial charge is 0.251 e. The summed E-state index contributed by atoms with van der Waals surface area (Å²) in [5.41, 5.74) is 4.33. The molecule has 1 amide bonds. The number of oxazole rings is 1. The zero-order valence-corrected chi connectivity index (χ0v) is 15.5. The number of nitrogens with one attached hydrogen (secondary N) is 1. The number of hydrogen-bond acceptors (Lipinski definition) is 4. The lowest BCUT2D eigenvalue weighted by atomic mass is 10.0. The van der Waals surface area contributed by atoms with Crippen molar-refractivity contribution in [3.05, 3.63) is 53.9 Å². The Kier molecular flexibility index (Phi) is 5.21. The van der Waals surface area contributed by atoms with Gasteiger partial charge in [-0.1, -0.05) is 25.1 Å². The predicted molar refractivity (Wildman–Crippen MR) is 105 cm³/mol. The molecular formula is C22H24N2O3. The molecule has 3 aromatic rings. The number of carbonyl (C=O) groups is 1. The van der Waals surface area contributed by atoms with E-state index in [1.54, 1.807) is 0 Å². The fourth-order valence-corrected chi connectivity index (χ4v) is 3.45. The number of ether oxygens (including phenoxy) is 1. The van der Waals surface area contributed by atoms with E-state index in [0.29, 0.717) is 18.0 Å². The molecule has 1 aliphatic rings. The van der Waals surface area contributed by atoms with Crippen molar-refractivity contribution in [3.63, 3.8) is 0 Å². The molecule has 0 radical (unpaired) electrons. The number of benzene rings is 2. The van der Waals surface area contributed by atoms with E-state index in [9.17, 15) is 4.79 Å². The summed E-state index contributed by atoms with van der Waals surface area (Å²) in [7, 11) is 0. The molecule has 2 aromatic carbocycles. The molecule has 140 valence electrons. The zero-order chi connectivity index (χ0) is 18.6. The van der Waals surface area contributed by atoms with Crippen molar-refractivity contribution in [1.29, 1.82) is 0 Å². The third kappa shape index (κ3) is 4.03. The Hall–Kier alpha value is -2.66. The van der Waals surface area contributed by atoms with Gasteiger partial charge in [-0.2, -0.15) is 0 Å². The van der Waals surface area contributed by atoms with Gasteiger partial charge in [0.2, 0.25) is 0 Å². The normalized spacial score (nSPS) is 16.7. The average molecular weight is 364 g/mol. The van der Waals surface area contributed by atoms with Crippen LogP contribution in [-0.2, 0) is 11.2 Å². The number of nitrogens with zero attached hydrogens (tertiary/aromatic N) is 1. The Morgan fingerprint density at radius 1 is 1.22 bits per heavy atom. The molecule has 0 aliphatic carbocycles. The minimum absolute atomic E-state index is 0.0356. The molecule has 1 atom stereocenters. The third-order valence-electron chi connectivity index (χ3n) is 5.05. The van der Waals surface area contributed by atoms with Gasteiger partial charge in [0.25, 0.3) is 5.91 Å². The standard InChI is InChI=1S/C22H24N2O3/c1-2-21-24-19-13-17(6-7-20(19)27-21)16-4-3-5-18(12-16)22(25)23-10-8-15-9-11-26-14-15/h3-7,12-13,15H,2,8-11,14H2,1H3,(H,23,25). The van der Waals surface area contributed by atoms with Crippen LogP contribution in [0.3, 0.4) is 0 Å². The summed E-state index contributed by atoms with van der Waals surface area (Å²) >= 11 is 0. The fourth-order valence-electron chi connectivity index (χ4n) is 3.45. The van der Waals surface area contributed by atoms with Crippen LogP contribution in [0.25, 0.3) is 22.2 Å². The molecule has 5 heteroatoms. The molecule has 1 N–H and O–H groups in total. The average Bonchev–Trinajstić information content (AvgIpc) is 3.36. The van der Waals surface area contributed by atoms with Gasteiger partial charge in [0, 0.05) is 31.7 Å². The van der Waals surface area contributed by atoms with Gasteiger partial charge in [-0.15, -0.1) is 0 Å². The van der Waals surface area contributed by atoms with Crippen molar-refractivity contribution in [2.45, 2.75) is 26.2 Å². The van der Waals surface area contributed by atoms with Gasteiger partial charge in [-0.3, -0.25) is 4.79 Å². The van der Waals surface area contributed by atoms with Crippen molar-refractivity contribution in [2.24, 2.45) is 5.92 Å². The highest BCUT2D eigenvalue weighted by molar-refractivity contribution is 5.95. The molecule has 0 bridgehead atoms. The highest BCUT2D eigenvalue weighted by Crippen LogP contribution is 2.26. The maximum absolute atomic E-state index is 12.5. The second-order valence-electron chi connectivity index (χ2n) is 7.00. The minimum atomic E-state index is -0.0356. The first-order valence-electron chi connectivity index (χ1n) is 9.59. The number of amides is 1. The van der Waals surface area contributed by atoms with Gasteiger partial charge >= 0.3 is 0 Å². The number of hydrogen-bond donors (Lipinski definition) is 1. The van der Waals surface area contributed by atoms with Crippen molar-refractivity contribution < 1.29 is 13.9 Å². The second kappa shape index (κ2) is 7.92. The first-order valence-corrected chi connectivity index (χ1v) is 9.59. The molecule has 2 heterocycles. The van der Waals surface area contributed by atoms with Crippen LogP contribution in [0.1, 0.15) is 36.0 Å². The van der Waals surface area contributed by atoms with Crippen molar-refractivity contribution >= 4 is 17.0 Å². The quantitative estimate of drug-likeness (QED) is 0.711. The van der Waals surface area contributed by atoms with Crippen molar-refractivity contribution in [2.75, 3.05) is 19.8 Å². The Bertz CT molecular complexity index is 942. The summed E-state index contributed by atoms with van der Waals surface area (Å²) in [4.78, 5) is 17.0. The lowest BCUT2D eigenvalue weighted by Crippen LogP contribution is -2.26. The molecule has 5 nitrogen and oxygen atoms in total. The van der Waals surface area contributed by atoms with Gasteiger partial charge in [0.05, 0.1) is 0 Å². The van der Waals surface area contributed by atoms with Crippen LogP contribution >= 0.6 is 0 Å². The van der Waals surface area contributed by atoms with Crippen molar-refractivity contribution in [3.8, 4) is 11.1 Å². The Morgan fingerprint density at radius 3 is 2.93 bits per heavy atom. The topological polar surface area (TPSA) is 64.4 Å². The molecule has 0 spiro atoms. The summed E-state index contributed by atoms with van der Waals surface area (Å²) in [6.07, 6.45) is 2.83. The van der Waals surface area contributed by atoms with Crippen LogP contribution in [0.2, 0.25) is 0 Å². The lowest BCUT2D eigenvalue weighted by Gasteiger charge is -2.10. The highest BCUT2D eigenvalue weighted by Gasteiger charge is 2.16. The summed E-state index contributed by atoms with van der Waals surface area (Å²) in [5, 5.41) is 3.02. The van der Waals surface area contributed by atoms with Crippen LogP contribution < -0.4 is 5.32 Å². The summed E-state index contributed by atoms with van der Waals surface area (Å²) in [6, 6.07) is 13.7. The fraction of sp³-hybridized carbons (Fsp3) is 0.364. The molecule has 1 saturated heterocycles. The lowest BCUT2D eigenvalue weighted by molar-refractivity contribution is 0.0950. The first kappa shape index (κ1) is 17.7. The Labute approximate surface area is 158 Å². The van der Waals surface area contributed by atoms with Crippen LogP contribution in [-0.4, -0.2) is 30.6 Å². The molecule has 0 saturated carbocycles. The monoisotopic (exact) mass is 364 g/mol. The Balaban J connectivity index is 1.47. The number of carbonyl (C=O) groups excluding carboxylic acids is 1. The van der Waals surface area contributed by atoms with Crippen LogP contribution in [0.5, 0.6) is 0 Å². The highest BCUT2D eigenvalue weighted by atomic mass is 16.5. The first-order chi connectivity index (χ1) is 13.2. The molecule has 4 rings (SSSR count). The summed E-state index contributed by atoms with van der Waals surface area (Å²) in [6.45, 7) is 4.36. The zero-order valence-electron chi connectivity index (χ0n) is 15.5.